The highest BCUT2D eigenvalue weighted by Crippen LogP contribution is 2.35. The van der Waals surface area contributed by atoms with E-state index in [0.29, 0.717) is 16.5 Å². The van der Waals surface area contributed by atoms with Crippen molar-refractivity contribution in [1.29, 1.82) is 0 Å². The summed E-state index contributed by atoms with van der Waals surface area (Å²) >= 11 is 6.00. The molecule has 0 aromatic heterocycles. The molecule has 0 bridgehead atoms. The Labute approximate surface area is 115 Å². The Morgan fingerprint density at radius 2 is 2.00 bits per heavy atom. The maximum absolute atomic E-state index is 12.1. The van der Waals surface area contributed by atoms with Crippen LogP contribution in [0.3, 0.4) is 0 Å². The lowest BCUT2D eigenvalue weighted by Crippen LogP contribution is -2.31. The molecule has 0 saturated heterocycles. The number of methoxy groups -OCH3 is 2. The lowest BCUT2D eigenvalue weighted by molar-refractivity contribution is -0.00340. The Balaban J connectivity index is 2.67. The van der Waals surface area contributed by atoms with E-state index in [2.05, 4.69) is 5.32 Å². The molecule has 0 heterocycles. The predicted molar refractivity (Wildman–Crippen MR) is 68.3 cm³/mol. The number of rotatable bonds is 7. The van der Waals surface area contributed by atoms with E-state index in [1.165, 1.54) is 14.2 Å². The van der Waals surface area contributed by atoms with E-state index in [9.17, 15) is 8.78 Å². The first-order valence-electron chi connectivity index (χ1n) is 5.57. The summed E-state index contributed by atoms with van der Waals surface area (Å²) in [5.41, 5.74) is 0.740. The van der Waals surface area contributed by atoms with Crippen molar-refractivity contribution in [2.45, 2.75) is 19.1 Å². The van der Waals surface area contributed by atoms with Gasteiger partial charge in [-0.3, -0.25) is 0 Å². The van der Waals surface area contributed by atoms with E-state index in [-0.39, 0.29) is 13.1 Å². The van der Waals surface area contributed by atoms with E-state index in [4.69, 9.17) is 26.2 Å². The molecule has 1 unspecified atom stereocenters. The van der Waals surface area contributed by atoms with Crippen molar-refractivity contribution in [2.24, 2.45) is 0 Å². The molecule has 0 aliphatic carbocycles. The minimum Gasteiger partial charge on any atom is -0.493 e. The molecular formula is C12H16ClF2NO3. The lowest BCUT2D eigenvalue weighted by Gasteiger charge is -2.13. The van der Waals surface area contributed by atoms with Gasteiger partial charge < -0.3 is 19.9 Å². The van der Waals surface area contributed by atoms with E-state index in [0.717, 1.165) is 5.56 Å². The van der Waals surface area contributed by atoms with Gasteiger partial charge >= 0.3 is 0 Å². The molecule has 4 nitrogen and oxygen atoms in total. The van der Waals surface area contributed by atoms with Crippen molar-refractivity contribution in [3.63, 3.8) is 0 Å². The van der Waals surface area contributed by atoms with Gasteiger partial charge in [-0.05, 0) is 17.7 Å². The van der Waals surface area contributed by atoms with Gasteiger partial charge in [0.2, 0.25) is 0 Å². The molecule has 0 aliphatic heterocycles. The Bertz CT molecular complexity index is 418. The van der Waals surface area contributed by atoms with E-state index >= 15 is 0 Å². The molecule has 19 heavy (non-hydrogen) atoms. The van der Waals surface area contributed by atoms with Crippen LogP contribution in [0.4, 0.5) is 8.78 Å². The number of hydrogen-bond donors (Lipinski definition) is 2. The van der Waals surface area contributed by atoms with Gasteiger partial charge in [0.1, 0.15) is 6.10 Å². The second kappa shape index (κ2) is 7.47. The zero-order valence-corrected chi connectivity index (χ0v) is 11.4. The second-order valence-electron chi connectivity index (χ2n) is 3.85. The normalized spacial score (nSPS) is 12.6. The number of aliphatic hydroxyl groups is 1. The lowest BCUT2D eigenvalue weighted by atomic mass is 10.2. The highest BCUT2D eigenvalue weighted by Gasteiger charge is 2.16. The molecule has 0 amide bonds. The summed E-state index contributed by atoms with van der Waals surface area (Å²) in [6, 6.07) is 3.33. The Morgan fingerprint density at radius 3 is 2.53 bits per heavy atom. The third kappa shape index (κ3) is 4.49. The van der Waals surface area contributed by atoms with Crippen LogP contribution in [0, 0.1) is 0 Å². The summed E-state index contributed by atoms with van der Waals surface area (Å²) in [6.45, 7) is 0.0769. The molecule has 0 spiro atoms. The van der Waals surface area contributed by atoms with Crippen molar-refractivity contribution in [3.8, 4) is 11.5 Å². The van der Waals surface area contributed by atoms with Gasteiger partial charge in [0, 0.05) is 13.1 Å². The molecule has 0 saturated carbocycles. The van der Waals surface area contributed by atoms with Gasteiger partial charge in [0.15, 0.2) is 11.5 Å². The number of ether oxygens (including phenoxy) is 2. The number of nitrogens with one attached hydrogen (secondary N) is 1. The molecule has 0 aliphatic rings. The van der Waals surface area contributed by atoms with Crippen molar-refractivity contribution >= 4 is 11.6 Å². The molecular weight excluding hydrogens is 280 g/mol. The fraction of sp³-hybridized carbons (Fsp3) is 0.500. The van der Waals surface area contributed by atoms with Crippen LogP contribution in [-0.4, -0.2) is 38.4 Å². The van der Waals surface area contributed by atoms with Crippen LogP contribution in [0.2, 0.25) is 5.02 Å². The Morgan fingerprint density at radius 1 is 1.32 bits per heavy atom. The van der Waals surface area contributed by atoms with Crippen LogP contribution in [0.25, 0.3) is 0 Å². The summed E-state index contributed by atoms with van der Waals surface area (Å²) < 4.78 is 34.4. The molecule has 1 atom stereocenters. The molecule has 2 N–H and O–H groups in total. The van der Waals surface area contributed by atoms with Gasteiger partial charge in [-0.1, -0.05) is 11.6 Å². The molecule has 7 heteroatoms. The first kappa shape index (κ1) is 15.9. The monoisotopic (exact) mass is 295 g/mol. The number of halogens is 3. The third-order valence-electron chi connectivity index (χ3n) is 2.47. The standard InChI is InChI=1S/C12H16ClF2NO3/c1-18-10-4-7(3-8(13)11(10)19-2)5-16-6-9(17)12(14)15/h3-4,9,12,16-17H,5-6H2,1-2H3. The average Bonchev–Trinajstić information content (AvgIpc) is 2.37. The SMILES string of the molecule is COc1cc(CNCC(O)C(F)F)cc(Cl)c1OC. The van der Waals surface area contributed by atoms with Gasteiger partial charge in [-0.2, -0.15) is 0 Å². The van der Waals surface area contributed by atoms with Gasteiger partial charge in [-0.25, -0.2) is 8.78 Å². The highest BCUT2D eigenvalue weighted by atomic mass is 35.5. The summed E-state index contributed by atoms with van der Waals surface area (Å²) in [7, 11) is 2.95. The zero-order valence-electron chi connectivity index (χ0n) is 10.6. The van der Waals surface area contributed by atoms with Crippen LogP contribution >= 0.6 is 11.6 Å². The molecule has 1 aromatic rings. The number of alkyl halides is 2. The minimum atomic E-state index is -2.76. The topological polar surface area (TPSA) is 50.7 Å². The van der Waals surface area contributed by atoms with Crippen LogP contribution in [0.15, 0.2) is 12.1 Å². The zero-order chi connectivity index (χ0) is 14.4. The number of aliphatic hydroxyl groups excluding tert-OH is 1. The summed E-state index contributed by atoms with van der Waals surface area (Å²) in [4.78, 5) is 0. The molecule has 108 valence electrons. The quantitative estimate of drug-likeness (QED) is 0.808. The second-order valence-corrected chi connectivity index (χ2v) is 4.25. The average molecular weight is 296 g/mol. The fourth-order valence-electron chi connectivity index (χ4n) is 1.53. The van der Waals surface area contributed by atoms with Crippen molar-refractivity contribution in [1.82, 2.24) is 5.32 Å². The smallest absolute Gasteiger partial charge is 0.265 e. The summed E-state index contributed by atoms with van der Waals surface area (Å²) in [5, 5.41) is 12.0. The van der Waals surface area contributed by atoms with Crippen molar-refractivity contribution in [2.75, 3.05) is 20.8 Å². The number of benzene rings is 1. The van der Waals surface area contributed by atoms with Gasteiger partial charge in [0.25, 0.3) is 6.43 Å². The maximum Gasteiger partial charge on any atom is 0.265 e. The van der Waals surface area contributed by atoms with Crippen molar-refractivity contribution < 1.29 is 23.4 Å². The van der Waals surface area contributed by atoms with E-state index in [1.807, 2.05) is 0 Å². The van der Waals surface area contributed by atoms with Gasteiger partial charge in [0.05, 0.1) is 19.2 Å². The Kier molecular flexibility index (Phi) is 6.27. The largest absolute Gasteiger partial charge is 0.493 e. The number of hydrogen-bond acceptors (Lipinski definition) is 4. The molecule has 0 radical (unpaired) electrons. The third-order valence-corrected chi connectivity index (χ3v) is 2.75. The van der Waals surface area contributed by atoms with Crippen LogP contribution < -0.4 is 14.8 Å². The predicted octanol–water partition coefficient (Wildman–Crippen LogP) is 2.07. The fourth-order valence-corrected chi connectivity index (χ4v) is 1.84. The van der Waals surface area contributed by atoms with Crippen LogP contribution in [-0.2, 0) is 6.54 Å². The molecule has 0 fully saturated rings. The summed E-state index contributed by atoms with van der Waals surface area (Å²) in [6.07, 6.45) is -4.45. The highest BCUT2D eigenvalue weighted by molar-refractivity contribution is 6.32. The minimum absolute atomic E-state index is 0.205. The van der Waals surface area contributed by atoms with Crippen molar-refractivity contribution in [3.05, 3.63) is 22.7 Å². The van der Waals surface area contributed by atoms with Crippen LogP contribution in [0.5, 0.6) is 11.5 Å². The first-order valence-corrected chi connectivity index (χ1v) is 5.94. The summed E-state index contributed by atoms with van der Waals surface area (Å²) in [5.74, 6) is 0.877. The van der Waals surface area contributed by atoms with Gasteiger partial charge in [-0.15, -0.1) is 0 Å². The molecule has 1 aromatic carbocycles. The molecule has 1 rings (SSSR count). The maximum atomic E-state index is 12.1. The van der Waals surface area contributed by atoms with Crippen LogP contribution in [0.1, 0.15) is 5.56 Å². The van der Waals surface area contributed by atoms with E-state index < -0.39 is 12.5 Å². The first-order chi connectivity index (χ1) is 8.99. The Hall–Kier alpha value is -1.11. The van der Waals surface area contributed by atoms with E-state index in [1.54, 1.807) is 12.1 Å².